The number of aromatic nitrogens is 1. The summed E-state index contributed by atoms with van der Waals surface area (Å²) in [7, 11) is 0. The van der Waals surface area contributed by atoms with Crippen LogP contribution in [0.3, 0.4) is 0 Å². The zero-order chi connectivity index (χ0) is 16.4. The summed E-state index contributed by atoms with van der Waals surface area (Å²) in [5.41, 5.74) is 4.12. The number of carbonyl (C=O) groups excluding carboxylic acids is 1. The first kappa shape index (κ1) is 15.5. The lowest BCUT2D eigenvalue weighted by Gasteiger charge is -2.04. The summed E-state index contributed by atoms with van der Waals surface area (Å²) in [5, 5.41) is 6.68. The summed E-state index contributed by atoms with van der Waals surface area (Å²) in [4.78, 5) is 12.3. The molecule has 1 aromatic heterocycles. The molecule has 0 spiro atoms. The van der Waals surface area contributed by atoms with Gasteiger partial charge in [0.1, 0.15) is 0 Å². The van der Waals surface area contributed by atoms with Gasteiger partial charge in [-0.25, -0.2) is 0 Å². The number of hydrogen-bond donors (Lipinski definition) is 1. The molecule has 3 rings (SSSR count). The lowest BCUT2D eigenvalue weighted by molar-refractivity contribution is 0.101. The van der Waals surface area contributed by atoms with Crippen molar-refractivity contribution in [2.75, 3.05) is 5.32 Å². The Morgan fingerprint density at radius 2 is 1.78 bits per heavy atom. The predicted octanol–water partition coefficient (Wildman–Crippen LogP) is 4.97. The quantitative estimate of drug-likeness (QED) is 0.707. The minimum Gasteiger partial charge on any atom is -0.355 e. The largest absolute Gasteiger partial charge is 0.355 e. The highest BCUT2D eigenvalue weighted by molar-refractivity contribution is 9.10. The fourth-order valence-corrected chi connectivity index (χ4v) is 2.77. The summed E-state index contributed by atoms with van der Waals surface area (Å²) in [6.45, 7) is 4.04. The van der Waals surface area contributed by atoms with Crippen molar-refractivity contribution < 1.29 is 9.32 Å². The van der Waals surface area contributed by atoms with Gasteiger partial charge in [0.05, 0.1) is 5.69 Å². The first-order chi connectivity index (χ1) is 11.0. The van der Waals surface area contributed by atoms with Crippen molar-refractivity contribution in [3.8, 4) is 11.3 Å². The zero-order valence-electron chi connectivity index (χ0n) is 12.8. The highest BCUT2D eigenvalue weighted by Gasteiger charge is 2.15. The van der Waals surface area contributed by atoms with Crippen LogP contribution in [-0.2, 0) is 0 Å². The van der Waals surface area contributed by atoms with E-state index in [0.29, 0.717) is 11.4 Å². The second-order valence-electron chi connectivity index (χ2n) is 5.39. The van der Waals surface area contributed by atoms with E-state index in [4.69, 9.17) is 4.52 Å². The van der Waals surface area contributed by atoms with E-state index in [2.05, 4.69) is 32.5 Å². The van der Waals surface area contributed by atoms with Crippen molar-refractivity contribution in [1.82, 2.24) is 5.16 Å². The number of nitrogens with zero attached hydrogens (tertiary/aromatic N) is 1. The molecule has 0 bridgehead atoms. The highest BCUT2D eigenvalue weighted by atomic mass is 79.9. The van der Waals surface area contributed by atoms with Crippen LogP contribution < -0.4 is 5.32 Å². The molecule has 0 unspecified atom stereocenters. The van der Waals surface area contributed by atoms with Crippen LogP contribution in [0.4, 0.5) is 5.69 Å². The Kier molecular flexibility index (Phi) is 4.30. The van der Waals surface area contributed by atoms with E-state index in [9.17, 15) is 4.79 Å². The average molecular weight is 371 g/mol. The molecule has 0 aliphatic rings. The molecule has 0 fully saturated rings. The number of aryl methyl sites for hydroxylation is 2. The fraction of sp³-hybridized carbons (Fsp3) is 0.111. The molecule has 1 amide bonds. The predicted molar refractivity (Wildman–Crippen MR) is 93.5 cm³/mol. The number of rotatable bonds is 3. The Morgan fingerprint density at radius 3 is 2.48 bits per heavy atom. The van der Waals surface area contributed by atoms with Gasteiger partial charge in [-0.2, -0.15) is 0 Å². The maximum atomic E-state index is 12.3. The van der Waals surface area contributed by atoms with Crippen LogP contribution in [-0.4, -0.2) is 11.1 Å². The topological polar surface area (TPSA) is 55.1 Å². The first-order valence-corrected chi connectivity index (χ1v) is 7.93. The molecule has 0 radical (unpaired) electrons. The second-order valence-corrected chi connectivity index (χ2v) is 6.24. The molecule has 0 saturated heterocycles. The Hall–Kier alpha value is -2.40. The number of benzene rings is 2. The summed E-state index contributed by atoms with van der Waals surface area (Å²) in [5.74, 6) is 0.269. The summed E-state index contributed by atoms with van der Waals surface area (Å²) in [6.07, 6.45) is 0. The molecule has 23 heavy (non-hydrogen) atoms. The summed E-state index contributed by atoms with van der Waals surface area (Å²) >= 11 is 3.40. The van der Waals surface area contributed by atoms with Gasteiger partial charge < -0.3 is 9.84 Å². The van der Waals surface area contributed by atoms with Crippen LogP contribution in [0.5, 0.6) is 0 Å². The van der Waals surface area contributed by atoms with E-state index < -0.39 is 0 Å². The van der Waals surface area contributed by atoms with Gasteiger partial charge in [0.2, 0.25) is 0 Å². The summed E-state index contributed by atoms with van der Waals surface area (Å²) in [6, 6.07) is 15.1. The third-order valence-electron chi connectivity index (χ3n) is 3.37. The van der Waals surface area contributed by atoms with Crippen LogP contribution >= 0.6 is 15.9 Å². The molecule has 0 aliphatic heterocycles. The zero-order valence-corrected chi connectivity index (χ0v) is 14.3. The van der Waals surface area contributed by atoms with Gasteiger partial charge in [-0.15, -0.1) is 0 Å². The molecule has 2 aromatic carbocycles. The molecular formula is C18H15BrN2O2. The Bertz CT molecular complexity index is 851. The van der Waals surface area contributed by atoms with E-state index in [1.165, 1.54) is 0 Å². The molecule has 3 aromatic rings. The van der Waals surface area contributed by atoms with E-state index in [-0.39, 0.29) is 11.6 Å². The SMILES string of the molecule is Cc1cc(C)cc(-c2cc(C(=O)Nc3ccccc3Br)no2)c1. The standard InChI is InChI=1S/C18H15BrN2O2/c1-11-7-12(2)9-13(8-11)17-10-16(21-23-17)18(22)20-15-6-4-3-5-14(15)19/h3-10H,1-2H3,(H,20,22). The van der Waals surface area contributed by atoms with Gasteiger partial charge in [0.25, 0.3) is 5.91 Å². The number of hydrogen-bond acceptors (Lipinski definition) is 3. The monoisotopic (exact) mass is 370 g/mol. The Morgan fingerprint density at radius 1 is 1.09 bits per heavy atom. The van der Waals surface area contributed by atoms with Crippen molar-refractivity contribution >= 4 is 27.5 Å². The molecule has 116 valence electrons. The molecule has 0 saturated carbocycles. The Labute approximate surface area is 142 Å². The fourth-order valence-electron chi connectivity index (χ4n) is 2.38. The van der Waals surface area contributed by atoms with Crippen molar-refractivity contribution in [1.29, 1.82) is 0 Å². The number of anilines is 1. The van der Waals surface area contributed by atoms with Gasteiger partial charge in [-0.3, -0.25) is 4.79 Å². The number of amides is 1. The van der Waals surface area contributed by atoms with Crippen LogP contribution in [0.1, 0.15) is 21.6 Å². The van der Waals surface area contributed by atoms with E-state index in [1.54, 1.807) is 6.07 Å². The van der Waals surface area contributed by atoms with Gasteiger partial charge in [0, 0.05) is 16.1 Å². The number of nitrogens with one attached hydrogen (secondary N) is 1. The maximum absolute atomic E-state index is 12.3. The molecule has 1 N–H and O–H groups in total. The lowest BCUT2D eigenvalue weighted by Crippen LogP contribution is -2.12. The van der Waals surface area contributed by atoms with Crippen LogP contribution in [0.2, 0.25) is 0 Å². The second kappa shape index (κ2) is 6.38. The first-order valence-electron chi connectivity index (χ1n) is 7.14. The lowest BCUT2D eigenvalue weighted by atomic mass is 10.1. The molecular weight excluding hydrogens is 356 g/mol. The smallest absolute Gasteiger partial charge is 0.277 e. The van der Waals surface area contributed by atoms with Crippen LogP contribution in [0.25, 0.3) is 11.3 Å². The van der Waals surface area contributed by atoms with Crippen molar-refractivity contribution in [3.05, 3.63) is 69.8 Å². The molecule has 1 heterocycles. The number of para-hydroxylation sites is 1. The normalized spacial score (nSPS) is 10.6. The summed E-state index contributed by atoms with van der Waals surface area (Å²) < 4.78 is 6.14. The van der Waals surface area contributed by atoms with Crippen molar-refractivity contribution in [3.63, 3.8) is 0 Å². The van der Waals surface area contributed by atoms with E-state index in [1.807, 2.05) is 50.2 Å². The molecule has 0 atom stereocenters. The van der Waals surface area contributed by atoms with E-state index >= 15 is 0 Å². The minimum atomic E-state index is -0.309. The third-order valence-corrected chi connectivity index (χ3v) is 4.06. The van der Waals surface area contributed by atoms with Gasteiger partial charge in [-0.05, 0) is 54.0 Å². The van der Waals surface area contributed by atoms with Gasteiger partial charge in [-0.1, -0.05) is 34.5 Å². The number of halogens is 1. The van der Waals surface area contributed by atoms with Crippen molar-refractivity contribution in [2.45, 2.75) is 13.8 Å². The molecule has 4 nitrogen and oxygen atoms in total. The third kappa shape index (κ3) is 3.51. The average Bonchev–Trinajstić information content (AvgIpc) is 2.98. The van der Waals surface area contributed by atoms with Crippen LogP contribution in [0, 0.1) is 13.8 Å². The van der Waals surface area contributed by atoms with Crippen molar-refractivity contribution in [2.24, 2.45) is 0 Å². The van der Waals surface area contributed by atoms with E-state index in [0.717, 1.165) is 21.2 Å². The highest BCUT2D eigenvalue weighted by Crippen LogP contribution is 2.25. The number of carbonyl (C=O) groups is 1. The Balaban J connectivity index is 1.84. The van der Waals surface area contributed by atoms with Crippen LogP contribution in [0.15, 0.2) is 57.5 Å². The molecule has 0 aliphatic carbocycles. The maximum Gasteiger partial charge on any atom is 0.277 e. The van der Waals surface area contributed by atoms with Gasteiger partial charge >= 0.3 is 0 Å². The minimum absolute atomic E-state index is 0.245. The molecule has 5 heteroatoms. The van der Waals surface area contributed by atoms with Gasteiger partial charge in [0.15, 0.2) is 11.5 Å².